The third-order valence-corrected chi connectivity index (χ3v) is 4.71. The second-order valence-electron chi connectivity index (χ2n) is 4.51. The van der Waals surface area contributed by atoms with Gasteiger partial charge in [-0.15, -0.1) is 11.6 Å². The zero-order chi connectivity index (χ0) is 13.1. The lowest BCUT2D eigenvalue weighted by molar-refractivity contribution is 0.0787. The van der Waals surface area contributed by atoms with Gasteiger partial charge < -0.3 is 4.90 Å². The van der Waals surface area contributed by atoms with E-state index in [2.05, 4.69) is 15.9 Å². The third-order valence-electron chi connectivity index (χ3n) is 3.26. The van der Waals surface area contributed by atoms with E-state index in [0.29, 0.717) is 22.4 Å². The van der Waals surface area contributed by atoms with Gasteiger partial charge in [-0.05, 0) is 52.9 Å². The van der Waals surface area contributed by atoms with Crippen molar-refractivity contribution in [3.05, 3.63) is 33.3 Å². The van der Waals surface area contributed by atoms with Crippen molar-refractivity contribution in [3.63, 3.8) is 0 Å². The Balaban J connectivity index is 2.05. The quantitative estimate of drug-likeness (QED) is 0.748. The van der Waals surface area contributed by atoms with Gasteiger partial charge >= 0.3 is 0 Å². The molecule has 1 aliphatic rings. The van der Waals surface area contributed by atoms with Crippen molar-refractivity contribution in [1.82, 2.24) is 4.90 Å². The first-order valence-electron chi connectivity index (χ1n) is 5.92. The molecule has 2 rings (SSSR count). The second kappa shape index (κ2) is 6.27. The number of carbonyl (C=O) groups excluding carboxylic acids is 1. The molecule has 0 spiro atoms. The van der Waals surface area contributed by atoms with Gasteiger partial charge in [0, 0.05) is 29.0 Å². The number of benzene rings is 1. The monoisotopic (exact) mass is 349 g/mol. The van der Waals surface area contributed by atoms with Crippen LogP contribution in [0.4, 0.5) is 0 Å². The fourth-order valence-electron chi connectivity index (χ4n) is 2.22. The summed E-state index contributed by atoms with van der Waals surface area (Å²) in [7, 11) is 0. The highest BCUT2D eigenvalue weighted by Crippen LogP contribution is 2.26. The molecule has 0 bridgehead atoms. The minimum absolute atomic E-state index is 0.0569. The molecular formula is C13H14BrCl2NO. The first-order chi connectivity index (χ1) is 8.61. The molecule has 0 N–H and O–H groups in total. The Morgan fingerprint density at radius 2 is 2.28 bits per heavy atom. The maximum Gasteiger partial charge on any atom is 0.253 e. The molecule has 0 saturated carbocycles. The first-order valence-corrected chi connectivity index (χ1v) is 7.62. The minimum Gasteiger partial charge on any atom is -0.338 e. The first kappa shape index (κ1) is 14.2. The van der Waals surface area contributed by atoms with Crippen molar-refractivity contribution in [2.75, 3.05) is 19.0 Å². The van der Waals surface area contributed by atoms with Gasteiger partial charge in [0.1, 0.15) is 0 Å². The molecule has 18 heavy (non-hydrogen) atoms. The van der Waals surface area contributed by atoms with E-state index in [4.69, 9.17) is 23.2 Å². The third kappa shape index (κ3) is 3.19. The molecule has 1 aliphatic heterocycles. The van der Waals surface area contributed by atoms with Gasteiger partial charge in [0.25, 0.3) is 5.91 Å². The van der Waals surface area contributed by atoms with Crippen LogP contribution < -0.4 is 0 Å². The lowest BCUT2D eigenvalue weighted by Crippen LogP contribution is -2.28. The molecule has 0 radical (unpaired) electrons. The van der Waals surface area contributed by atoms with Gasteiger partial charge in [-0.3, -0.25) is 4.79 Å². The molecule has 0 aromatic heterocycles. The van der Waals surface area contributed by atoms with Gasteiger partial charge in [0.2, 0.25) is 0 Å². The van der Waals surface area contributed by atoms with Crippen LogP contribution in [0.3, 0.4) is 0 Å². The summed E-state index contributed by atoms with van der Waals surface area (Å²) in [4.78, 5) is 14.2. The summed E-state index contributed by atoms with van der Waals surface area (Å²) in [5, 5.41) is 0.567. The number of amides is 1. The second-order valence-corrected chi connectivity index (χ2v) is 6.15. The topological polar surface area (TPSA) is 20.3 Å². The lowest BCUT2D eigenvalue weighted by Gasteiger charge is -2.16. The summed E-state index contributed by atoms with van der Waals surface area (Å²) in [6.07, 6.45) is 2.02. The van der Waals surface area contributed by atoms with Crippen LogP contribution in [0.15, 0.2) is 22.7 Å². The maximum absolute atomic E-state index is 12.3. The summed E-state index contributed by atoms with van der Waals surface area (Å²) < 4.78 is 0.808. The van der Waals surface area contributed by atoms with Crippen molar-refractivity contribution in [2.45, 2.75) is 12.8 Å². The summed E-state index contributed by atoms with van der Waals surface area (Å²) in [6, 6.07) is 5.32. The van der Waals surface area contributed by atoms with Crippen LogP contribution in [0.25, 0.3) is 0 Å². The Hall–Kier alpha value is -0.250. The predicted octanol–water partition coefficient (Wildman–Crippen LogP) is 4.19. The summed E-state index contributed by atoms with van der Waals surface area (Å²) in [5.41, 5.74) is 0.648. The van der Waals surface area contributed by atoms with Gasteiger partial charge in [0.05, 0.1) is 5.02 Å². The standard InChI is InChI=1S/C13H14BrCl2NO/c14-11-2-1-10(7-12(11)16)13(18)17-6-4-9(8-17)3-5-15/h1-2,7,9H,3-6,8H2. The summed E-state index contributed by atoms with van der Waals surface area (Å²) in [6.45, 7) is 1.62. The van der Waals surface area contributed by atoms with Crippen molar-refractivity contribution in [2.24, 2.45) is 5.92 Å². The van der Waals surface area contributed by atoms with Crippen LogP contribution in [0, 0.1) is 5.92 Å². The Morgan fingerprint density at radius 3 is 2.94 bits per heavy atom. The van der Waals surface area contributed by atoms with E-state index in [1.165, 1.54) is 0 Å². The van der Waals surface area contributed by atoms with Crippen LogP contribution >= 0.6 is 39.1 Å². The van der Waals surface area contributed by atoms with E-state index in [0.717, 1.165) is 30.4 Å². The van der Waals surface area contributed by atoms with Crippen molar-refractivity contribution < 1.29 is 4.79 Å². The molecule has 2 nitrogen and oxygen atoms in total. The Morgan fingerprint density at radius 1 is 1.50 bits per heavy atom. The summed E-state index contributed by atoms with van der Waals surface area (Å²) >= 11 is 15.1. The number of hydrogen-bond acceptors (Lipinski definition) is 1. The molecule has 5 heteroatoms. The smallest absolute Gasteiger partial charge is 0.253 e. The molecule has 1 amide bonds. The van der Waals surface area contributed by atoms with Crippen LogP contribution in [-0.2, 0) is 0 Å². The van der Waals surface area contributed by atoms with Crippen LogP contribution in [0.2, 0.25) is 5.02 Å². The average Bonchev–Trinajstić information content (AvgIpc) is 2.81. The molecule has 1 unspecified atom stereocenters. The number of hydrogen-bond donors (Lipinski definition) is 0. The number of likely N-dealkylation sites (tertiary alicyclic amines) is 1. The highest BCUT2D eigenvalue weighted by molar-refractivity contribution is 9.10. The van der Waals surface area contributed by atoms with Crippen molar-refractivity contribution in [3.8, 4) is 0 Å². The van der Waals surface area contributed by atoms with E-state index >= 15 is 0 Å². The number of alkyl halides is 1. The van der Waals surface area contributed by atoms with Gasteiger partial charge in [0.15, 0.2) is 0 Å². The summed E-state index contributed by atoms with van der Waals surface area (Å²) in [5.74, 6) is 1.26. The maximum atomic E-state index is 12.3. The van der Waals surface area contributed by atoms with E-state index in [9.17, 15) is 4.79 Å². The Kier molecular flexibility index (Phi) is 4.93. The van der Waals surface area contributed by atoms with Crippen molar-refractivity contribution in [1.29, 1.82) is 0 Å². The van der Waals surface area contributed by atoms with Crippen LogP contribution in [0.1, 0.15) is 23.2 Å². The molecule has 98 valence electrons. The lowest BCUT2D eigenvalue weighted by atomic mass is 10.1. The molecule has 1 aromatic carbocycles. The fourth-order valence-corrected chi connectivity index (χ4v) is 2.95. The Labute approximate surface area is 125 Å². The zero-order valence-corrected chi connectivity index (χ0v) is 12.9. The highest BCUT2D eigenvalue weighted by Gasteiger charge is 2.26. The normalized spacial score (nSPS) is 19.3. The SMILES string of the molecule is O=C(c1ccc(Br)c(Cl)c1)N1CCC(CCCl)C1. The highest BCUT2D eigenvalue weighted by atomic mass is 79.9. The van der Waals surface area contributed by atoms with E-state index in [1.807, 2.05) is 11.0 Å². The number of halogens is 3. The number of nitrogens with zero attached hydrogens (tertiary/aromatic N) is 1. The Bertz CT molecular complexity index is 453. The number of carbonyl (C=O) groups is 1. The molecular weight excluding hydrogens is 337 g/mol. The zero-order valence-electron chi connectivity index (χ0n) is 9.83. The molecule has 1 saturated heterocycles. The molecule has 1 fully saturated rings. The van der Waals surface area contributed by atoms with E-state index < -0.39 is 0 Å². The largest absolute Gasteiger partial charge is 0.338 e. The average molecular weight is 351 g/mol. The van der Waals surface area contributed by atoms with Crippen LogP contribution in [0.5, 0.6) is 0 Å². The number of rotatable bonds is 3. The van der Waals surface area contributed by atoms with Crippen LogP contribution in [-0.4, -0.2) is 29.8 Å². The molecule has 1 aromatic rings. The van der Waals surface area contributed by atoms with Gasteiger partial charge in [-0.2, -0.15) is 0 Å². The molecule has 0 aliphatic carbocycles. The molecule has 1 atom stereocenters. The van der Waals surface area contributed by atoms with Crippen molar-refractivity contribution >= 4 is 45.0 Å². The van der Waals surface area contributed by atoms with Gasteiger partial charge in [-0.1, -0.05) is 11.6 Å². The van der Waals surface area contributed by atoms with E-state index in [1.54, 1.807) is 12.1 Å². The molecule has 1 heterocycles. The minimum atomic E-state index is 0.0569. The predicted molar refractivity (Wildman–Crippen MR) is 78.5 cm³/mol. The van der Waals surface area contributed by atoms with Gasteiger partial charge in [-0.25, -0.2) is 0 Å². The fraction of sp³-hybridized carbons (Fsp3) is 0.462. The van der Waals surface area contributed by atoms with E-state index in [-0.39, 0.29) is 5.91 Å².